The highest BCUT2D eigenvalue weighted by molar-refractivity contribution is 5.95. The van der Waals surface area contributed by atoms with E-state index in [2.05, 4.69) is 16.0 Å². The van der Waals surface area contributed by atoms with Crippen LogP contribution in [0.2, 0.25) is 0 Å². The molecular weight excluding hydrogens is 330 g/mol. The van der Waals surface area contributed by atoms with Gasteiger partial charge in [0.25, 0.3) is 5.91 Å². The van der Waals surface area contributed by atoms with E-state index in [1.807, 2.05) is 32.3 Å². The number of carbonyl (C=O) groups excluding carboxylic acids is 2. The number of esters is 1. The fourth-order valence-corrected chi connectivity index (χ4v) is 3.72. The van der Waals surface area contributed by atoms with Crippen molar-refractivity contribution >= 4 is 17.6 Å². The third-order valence-electron chi connectivity index (χ3n) is 5.14. The number of aryl methyl sites for hydroxylation is 2. The molecule has 1 unspecified atom stereocenters. The van der Waals surface area contributed by atoms with Gasteiger partial charge in [-0.1, -0.05) is 6.07 Å². The van der Waals surface area contributed by atoms with E-state index in [1.54, 1.807) is 12.1 Å². The predicted octanol–water partition coefficient (Wildman–Crippen LogP) is 1.48. The van der Waals surface area contributed by atoms with E-state index < -0.39 is 5.97 Å². The molecule has 0 aliphatic carbocycles. The summed E-state index contributed by atoms with van der Waals surface area (Å²) in [5, 5.41) is 2.96. The maximum atomic E-state index is 12.6. The van der Waals surface area contributed by atoms with Crippen LogP contribution in [0.1, 0.15) is 40.5 Å². The van der Waals surface area contributed by atoms with Gasteiger partial charge in [-0.05, 0) is 36.8 Å². The van der Waals surface area contributed by atoms with Crippen LogP contribution in [-0.2, 0) is 16.6 Å². The SMILES string of the molecule is COC(=O)c1ccc(C)c(NC(=O)C[NH+]2CCC[C@@H]2c2cccn2C)c1. The number of hydrogen-bond donors (Lipinski definition) is 2. The minimum Gasteiger partial charge on any atom is -0.465 e. The Bertz CT molecular complexity index is 812. The predicted molar refractivity (Wildman–Crippen MR) is 99.2 cm³/mol. The third kappa shape index (κ3) is 3.80. The van der Waals surface area contributed by atoms with Crippen LogP contribution in [0.3, 0.4) is 0 Å². The zero-order valence-electron chi connectivity index (χ0n) is 15.5. The van der Waals surface area contributed by atoms with Crippen molar-refractivity contribution < 1.29 is 19.2 Å². The molecule has 6 nitrogen and oxygen atoms in total. The summed E-state index contributed by atoms with van der Waals surface area (Å²) in [6.45, 7) is 3.31. The number of aromatic nitrogens is 1. The summed E-state index contributed by atoms with van der Waals surface area (Å²) in [7, 11) is 3.40. The van der Waals surface area contributed by atoms with Crippen molar-refractivity contribution in [3.05, 3.63) is 53.3 Å². The summed E-state index contributed by atoms with van der Waals surface area (Å²) in [6.07, 6.45) is 4.26. The van der Waals surface area contributed by atoms with Crippen LogP contribution in [0.4, 0.5) is 5.69 Å². The second kappa shape index (κ2) is 7.74. The highest BCUT2D eigenvalue weighted by Gasteiger charge is 2.33. The van der Waals surface area contributed by atoms with Gasteiger partial charge in [0, 0.05) is 31.8 Å². The topological polar surface area (TPSA) is 64.8 Å². The van der Waals surface area contributed by atoms with E-state index in [9.17, 15) is 9.59 Å². The Labute approximate surface area is 153 Å². The molecule has 26 heavy (non-hydrogen) atoms. The van der Waals surface area contributed by atoms with E-state index in [4.69, 9.17) is 4.74 Å². The quantitative estimate of drug-likeness (QED) is 0.798. The number of anilines is 1. The lowest BCUT2D eigenvalue weighted by atomic mass is 10.1. The maximum Gasteiger partial charge on any atom is 0.337 e. The standard InChI is InChI=1S/C20H25N3O3/c1-14-8-9-15(20(25)26-3)12-16(14)21-19(24)13-23-11-5-7-18(23)17-6-4-10-22(17)2/h4,6,8-10,12,18H,5,7,11,13H2,1-3H3,(H,21,24)/p+1/t18-/m1/s1. The highest BCUT2D eigenvalue weighted by atomic mass is 16.5. The molecule has 1 saturated heterocycles. The van der Waals surface area contributed by atoms with Gasteiger partial charge in [-0.2, -0.15) is 0 Å². The van der Waals surface area contributed by atoms with Crippen LogP contribution < -0.4 is 10.2 Å². The van der Waals surface area contributed by atoms with Crippen molar-refractivity contribution in [2.45, 2.75) is 25.8 Å². The molecule has 0 saturated carbocycles. The number of rotatable bonds is 5. The number of methoxy groups -OCH3 is 1. The largest absolute Gasteiger partial charge is 0.465 e. The lowest BCUT2D eigenvalue weighted by Gasteiger charge is -2.22. The van der Waals surface area contributed by atoms with Crippen LogP contribution in [0.15, 0.2) is 36.5 Å². The molecule has 1 aromatic carbocycles. The second-order valence-electron chi connectivity index (χ2n) is 6.89. The van der Waals surface area contributed by atoms with Gasteiger partial charge in [0.15, 0.2) is 6.54 Å². The first-order chi connectivity index (χ1) is 12.5. The van der Waals surface area contributed by atoms with Gasteiger partial charge in [0.05, 0.1) is 24.9 Å². The molecule has 138 valence electrons. The molecular formula is C20H26N3O3+. The summed E-state index contributed by atoms with van der Waals surface area (Å²) < 4.78 is 6.89. The van der Waals surface area contributed by atoms with E-state index in [-0.39, 0.29) is 5.91 Å². The molecule has 1 fully saturated rings. The lowest BCUT2D eigenvalue weighted by Crippen LogP contribution is -3.11. The van der Waals surface area contributed by atoms with Gasteiger partial charge < -0.3 is 19.5 Å². The second-order valence-corrected chi connectivity index (χ2v) is 6.89. The molecule has 3 rings (SSSR count). The summed E-state index contributed by atoms with van der Waals surface area (Å²) in [5.41, 5.74) is 3.28. The lowest BCUT2D eigenvalue weighted by molar-refractivity contribution is -0.910. The molecule has 2 atom stereocenters. The third-order valence-corrected chi connectivity index (χ3v) is 5.14. The van der Waals surface area contributed by atoms with E-state index >= 15 is 0 Å². The summed E-state index contributed by atoms with van der Waals surface area (Å²) in [4.78, 5) is 25.6. The molecule has 1 aliphatic rings. The van der Waals surface area contributed by atoms with Gasteiger partial charge in [0.2, 0.25) is 0 Å². The average Bonchev–Trinajstić information content (AvgIpc) is 3.24. The van der Waals surface area contributed by atoms with Crippen molar-refractivity contribution in [2.24, 2.45) is 7.05 Å². The Hall–Kier alpha value is -2.60. The molecule has 0 radical (unpaired) electrons. The monoisotopic (exact) mass is 356 g/mol. The molecule has 0 spiro atoms. The molecule has 0 bridgehead atoms. The number of ether oxygens (including phenoxy) is 1. The number of nitrogens with one attached hydrogen (secondary N) is 2. The van der Waals surface area contributed by atoms with Crippen LogP contribution in [0, 0.1) is 6.92 Å². The number of quaternary nitrogens is 1. The Morgan fingerprint density at radius 1 is 1.35 bits per heavy atom. The van der Waals surface area contributed by atoms with E-state index in [0.717, 1.165) is 24.9 Å². The minimum atomic E-state index is -0.408. The van der Waals surface area contributed by atoms with Crippen molar-refractivity contribution in [3.8, 4) is 0 Å². The molecule has 1 aromatic heterocycles. The first kappa shape index (κ1) is 18.2. The smallest absolute Gasteiger partial charge is 0.337 e. The summed E-state index contributed by atoms with van der Waals surface area (Å²) in [5.74, 6) is -0.444. The minimum absolute atomic E-state index is 0.0359. The van der Waals surface area contributed by atoms with Gasteiger partial charge >= 0.3 is 5.97 Å². The average molecular weight is 356 g/mol. The number of carbonyl (C=O) groups is 2. The zero-order valence-corrected chi connectivity index (χ0v) is 15.5. The van der Waals surface area contributed by atoms with Crippen LogP contribution in [0.5, 0.6) is 0 Å². The number of likely N-dealkylation sites (tertiary alicyclic amines) is 1. The van der Waals surface area contributed by atoms with Gasteiger partial charge in [0.1, 0.15) is 6.04 Å². The Morgan fingerprint density at radius 3 is 2.85 bits per heavy atom. The number of amides is 1. The molecule has 2 N–H and O–H groups in total. The van der Waals surface area contributed by atoms with Crippen molar-refractivity contribution in [2.75, 3.05) is 25.5 Å². The van der Waals surface area contributed by atoms with Crippen molar-refractivity contribution in [1.29, 1.82) is 0 Å². The fourth-order valence-electron chi connectivity index (χ4n) is 3.72. The number of nitrogens with zero attached hydrogens (tertiary/aromatic N) is 1. The van der Waals surface area contributed by atoms with Crippen LogP contribution in [-0.4, -0.2) is 36.6 Å². The van der Waals surface area contributed by atoms with E-state index in [1.165, 1.54) is 17.7 Å². The first-order valence-corrected chi connectivity index (χ1v) is 8.94. The van der Waals surface area contributed by atoms with Gasteiger partial charge in [-0.3, -0.25) is 4.79 Å². The maximum absolute atomic E-state index is 12.6. The number of hydrogen-bond acceptors (Lipinski definition) is 3. The molecule has 6 heteroatoms. The van der Waals surface area contributed by atoms with Gasteiger partial charge in [-0.25, -0.2) is 4.79 Å². The molecule has 2 heterocycles. The fraction of sp³-hybridized carbons (Fsp3) is 0.400. The summed E-state index contributed by atoms with van der Waals surface area (Å²) >= 11 is 0. The molecule has 1 amide bonds. The number of benzene rings is 1. The zero-order chi connectivity index (χ0) is 18.7. The van der Waals surface area contributed by atoms with E-state index in [0.29, 0.717) is 23.8 Å². The van der Waals surface area contributed by atoms with Gasteiger partial charge in [-0.15, -0.1) is 0 Å². The highest BCUT2D eigenvalue weighted by Crippen LogP contribution is 2.20. The first-order valence-electron chi connectivity index (χ1n) is 8.94. The van der Waals surface area contributed by atoms with Crippen molar-refractivity contribution in [1.82, 2.24) is 4.57 Å². The molecule has 2 aromatic rings. The molecule has 1 aliphatic heterocycles. The Morgan fingerprint density at radius 2 is 2.15 bits per heavy atom. The summed E-state index contributed by atoms with van der Waals surface area (Å²) in [6, 6.07) is 9.73. The van der Waals surface area contributed by atoms with Crippen LogP contribution >= 0.6 is 0 Å². The van der Waals surface area contributed by atoms with Crippen molar-refractivity contribution in [3.63, 3.8) is 0 Å². The van der Waals surface area contributed by atoms with Crippen LogP contribution in [0.25, 0.3) is 0 Å². The normalized spacial score (nSPS) is 19.3. The Balaban J connectivity index is 1.69. The Kier molecular flexibility index (Phi) is 5.42.